The van der Waals surface area contributed by atoms with Gasteiger partial charge in [-0.3, -0.25) is 9.78 Å². The third-order valence-electron chi connectivity index (χ3n) is 7.51. The van der Waals surface area contributed by atoms with E-state index in [0.29, 0.717) is 69.9 Å². The zero-order chi connectivity index (χ0) is 31.9. The molecule has 1 fully saturated rings. The van der Waals surface area contributed by atoms with Crippen molar-refractivity contribution in [1.82, 2.24) is 25.9 Å². The molecule has 1 amide bonds. The number of anilines is 2. The number of methoxy groups -OCH3 is 1. The van der Waals surface area contributed by atoms with Crippen LogP contribution in [-0.4, -0.2) is 53.3 Å². The van der Waals surface area contributed by atoms with Gasteiger partial charge >= 0.3 is 0 Å². The SMILES string of the molecule is COc1cc(-c2nccc(-c3cccc(Nc4nccc(CNC[C@H](C)O)c4F)c3Cl)c2Cl)ccc1CNC[C@@H]1CCC(=O)N1. The number of hydrogen-bond acceptors (Lipinski definition) is 8. The second-order valence-corrected chi connectivity index (χ2v) is 11.6. The highest BCUT2D eigenvalue weighted by Crippen LogP contribution is 2.41. The second kappa shape index (κ2) is 15.0. The number of rotatable bonds is 13. The van der Waals surface area contributed by atoms with Gasteiger partial charge in [-0.15, -0.1) is 0 Å². The lowest BCUT2D eigenvalue weighted by atomic mass is 10.0. The van der Waals surface area contributed by atoms with E-state index in [0.717, 1.165) is 17.5 Å². The van der Waals surface area contributed by atoms with Crippen molar-refractivity contribution in [2.24, 2.45) is 0 Å². The number of nitrogens with one attached hydrogen (secondary N) is 4. The Morgan fingerprint density at radius 3 is 2.58 bits per heavy atom. The molecule has 2 atom stereocenters. The molecule has 1 aliphatic heterocycles. The molecule has 1 saturated heterocycles. The summed E-state index contributed by atoms with van der Waals surface area (Å²) in [6, 6.07) is 14.7. The number of ether oxygens (including phenoxy) is 1. The van der Waals surface area contributed by atoms with E-state index < -0.39 is 11.9 Å². The van der Waals surface area contributed by atoms with Crippen molar-refractivity contribution in [3.63, 3.8) is 0 Å². The number of aliphatic hydroxyl groups is 1. The fourth-order valence-corrected chi connectivity index (χ4v) is 5.79. The monoisotopic (exact) mass is 652 g/mol. The maximum absolute atomic E-state index is 15.3. The summed E-state index contributed by atoms with van der Waals surface area (Å²) in [6.45, 7) is 3.48. The fraction of sp³-hybridized carbons (Fsp3) is 0.303. The first-order valence-electron chi connectivity index (χ1n) is 14.6. The molecule has 12 heteroatoms. The lowest BCUT2D eigenvalue weighted by molar-refractivity contribution is -0.119. The molecule has 2 aromatic heterocycles. The molecule has 0 spiro atoms. The summed E-state index contributed by atoms with van der Waals surface area (Å²) in [5.41, 5.74) is 4.44. The molecular formula is C33H35Cl2FN6O3. The molecule has 236 valence electrons. The summed E-state index contributed by atoms with van der Waals surface area (Å²) >= 11 is 13.8. The predicted octanol–water partition coefficient (Wildman–Crippen LogP) is 5.85. The quantitative estimate of drug-likeness (QED) is 0.122. The van der Waals surface area contributed by atoms with E-state index in [4.69, 9.17) is 27.9 Å². The highest BCUT2D eigenvalue weighted by atomic mass is 35.5. The van der Waals surface area contributed by atoms with Gasteiger partial charge in [-0.05, 0) is 37.6 Å². The normalized spacial score (nSPS) is 15.2. The van der Waals surface area contributed by atoms with E-state index in [1.807, 2.05) is 24.3 Å². The van der Waals surface area contributed by atoms with Crippen molar-refractivity contribution in [1.29, 1.82) is 0 Å². The number of carbonyl (C=O) groups is 1. The van der Waals surface area contributed by atoms with Crippen LogP contribution < -0.4 is 26.0 Å². The number of aliphatic hydroxyl groups excluding tert-OH is 1. The smallest absolute Gasteiger partial charge is 0.220 e. The second-order valence-electron chi connectivity index (χ2n) is 10.9. The Kier molecular flexibility index (Phi) is 10.9. The van der Waals surface area contributed by atoms with Crippen LogP contribution in [0.3, 0.4) is 0 Å². The van der Waals surface area contributed by atoms with Crippen LogP contribution in [-0.2, 0) is 17.9 Å². The van der Waals surface area contributed by atoms with E-state index in [9.17, 15) is 9.90 Å². The lowest BCUT2D eigenvalue weighted by Gasteiger charge is -2.16. The summed E-state index contributed by atoms with van der Waals surface area (Å²) in [5, 5.41) is 22.6. The molecule has 45 heavy (non-hydrogen) atoms. The number of carbonyl (C=O) groups excluding carboxylic acids is 1. The van der Waals surface area contributed by atoms with Crippen molar-refractivity contribution < 1.29 is 19.0 Å². The van der Waals surface area contributed by atoms with E-state index in [1.165, 1.54) is 6.20 Å². The van der Waals surface area contributed by atoms with Crippen LogP contribution in [0.4, 0.5) is 15.9 Å². The molecule has 0 saturated carbocycles. The van der Waals surface area contributed by atoms with Crippen LogP contribution >= 0.6 is 23.2 Å². The average molecular weight is 654 g/mol. The van der Waals surface area contributed by atoms with Crippen LogP contribution in [0.5, 0.6) is 5.75 Å². The summed E-state index contributed by atoms with van der Waals surface area (Å²) in [7, 11) is 1.61. The van der Waals surface area contributed by atoms with Gasteiger partial charge in [-0.1, -0.05) is 47.5 Å². The first-order chi connectivity index (χ1) is 21.7. The molecule has 9 nitrogen and oxygen atoms in total. The van der Waals surface area contributed by atoms with E-state index >= 15 is 4.39 Å². The molecular weight excluding hydrogens is 618 g/mol. The van der Waals surface area contributed by atoms with Crippen molar-refractivity contribution in [3.8, 4) is 28.1 Å². The molecule has 0 aliphatic carbocycles. The standard InChI is InChI=1S/C33H35Cl2FN6O3/c1-19(43)15-37-17-22-10-12-40-33(31(22)36)42-26-5-3-4-24(29(26)34)25-11-13-39-32(30(25)35)20-6-7-21(27(14-20)45-2)16-38-18-23-8-9-28(44)41-23/h3-7,10-14,19,23,37-38,43H,8-9,15-18H2,1-2H3,(H,40,42)(H,41,44)/t19-,23-/m0/s1. The highest BCUT2D eigenvalue weighted by molar-refractivity contribution is 6.39. The summed E-state index contributed by atoms with van der Waals surface area (Å²) in [4.78, 5) is 20.2. The van der Waals surface area contributed by atoms with Crippen LogP contribution in [0.2, 0.25) is 10.0 Å². The molecule has 4 aromatic rings. The van der Waals surface area contributed by atoms with Crippen molar-refractivity contribution in [2.45, 2.75) is 45.0 Å². The van der Waals surface area contributed by atoms with Gasteiger partial charge in [-0.2, -0.15) is 0 Å². The van der Waals surface area contributed by atoms with Crippen molar-refractivity contribution in [2.75, 3.05) is 25.5 Å². The Bertz CT molecular complexity index is 1670. The van der Waals surface area contributed by atoms with Gasteiger partial charge in [0.05, 0.1) is 34.6 Å². The van der Waals surface area contributed by atoms with Gasteiger partial charge in [0.15, 0.2) is 11.6 Å². The fourth-order valence-electron chi connectivity index (χ4n) is 5.19. The lowest BCUT2D eigenvalue weighted by Crippen LogP contribution is -2.35. The average Bonchev–Trinajstić information content (AvgIpc) is 3.45. The predicted molar refractivity (Wildman–Crippen MR) is 175 cm³/mol. The first-order valence-corrected chi connectivity index (χ1v) is 15.4. The Morgan fingerprint density at radius 1 is 1.04 bits per heavy atom. The number of nitrogens with zero attached hydrogens (tertiary/aromatic N) is 2. The maximum Gasteiger partial charge on any atom is 0.220 e. The molecule has 3 heterocycles. The molecule has 0 unspecified atom stereocenters. The largest absolute Gasteiger partial charge is 0.496 e. The Balaban J connectivity index is 1.36. The number of amides is 1. The van der Waals surface area contributed by atoms with Gasteiger partial charge in [-0.25, -0.2) is 9.37 Å². The Labute approximate surface area is 271 Å². The number of pyridine rings is 2. The minimum absolute atomic E-state index is 0.0292. The Morgan fingerprint density at radius 2 is 1.82 bits per heavy atom. The number of hydrogen-bond donors (Lipinski definition) is 5. The highest BCUT2D eigenvalue weighted by Gasteiger charge is 2.21. The number of aromatic nitrogens is 2. The molecule has 1 aliphatic rings. The maximum atomic E-state index is 15.3. The minimum atomic E-state index is -0.544. The topological polar surface area (TPSA) is 120 Å². The van der Waals surface area contributed by atoms with Crippen LogP contribution in [0.1, 0.15) is 30.9 Å². The molecule has 0 bridgehead atoms. The number of halogens is 3. The van der Waals surface area contributed by atoms with E-state index in [1.54, 1.807) is 44.5 Å². The zero-order valence-corrected chi connectivity index (χ0v) is 26.5. The minimum Gasteiger partial charge on any atom is -0.496 e. The molecule has 5 rings (SSSR count). The van der Waals surface area contributed by atoms with Crippen LogP contribution in [0.25, 0.3) is 22.4 Å². The summed E-state index contributed by atoms with van der Waals surface area (Å²) in [6.07, 6.45) is 4.03. The third kappa shape index (κ3) is 7.89. The molecule has 2 aromatic carbocycles. The van der Waals surface area contributed by atoms with Gasteiger partial charge < -0.3 is 31.1 Å². The van der Waals surface area contributed by atoms with Gasteiger partial charge in [0.25, 0.3) is 0 Å². The van der Waals surface area contributed by atoms with Gasteiger partial charge in [0.2, 0.25) is 5.91 Å². The van der Waals surface area contributed by atoms with Crippen LogP contribution in [0.15, 0.2) is 60.9 Å². The summed E-state index contributed by atoms with van der Waals surface area (Å²) < 4.78 is 20.9. The zero-order valence-electron chi connectivity index (χ0n) is 25.0. The van der Waals surface area contributed by atoms with Crippen LogP contribution in [0, 0.1) is 5.82 Å². The van der Waals surface area contributed by atoms with E-state index in [-0.39, 0.29) is 24.3 Å². The molecule has 0 radical (unpaired) electrons. The van der Waals surface area contributed by atoms with Crippen molar-refractivity contribution in [3.05, 3.63) is 87.9 Å². The summed E-state index contributed by atoms with van der Waals surface area (Å²) in [5.74, 6) is 0.288. The Hall–Kier alpha value is -3.80. The van der Waals surface area contributed by atoms with Gasteiger partial charge in [0, 0.05) is 78.9 Å². The third-order valence-corrected chi connectivity index (χ3v) is 8.30. The number of benzene rings is 2. The van der Waals surface area contributed by atoms with Gasteiger partial charge in [0.1, 0.15) is 5.75 Å². The molecule has 5 N–H and O–H groups in total. The first kappa shape index (κ1) is 32.6. The van der Waals surface area contributed by atoms with Crippen molar-refractivity contribution >= 4 is 40.6 Å². The van der Waals surface area contributed by atoms with E-state index in [2.05, 4.69) is 31.2 Å².